The van der Waals surface area contributed by atoms with Gasteiger partial charge in [0.2, 0.25) is 0 Å². The van der Waals surface area contributed by atoms with Crippen LogP contribution in [0, 0.1) is 17.1 Å². The Morgan fingerprint density at radius 2 is 2.04 bits per heavy atom. The summed E-state index contributed by atoms with van der Waals surface area (Å²) in [4.78, 5) is -0.661. The van der Waals surface area contributed by atoms with E-state index in [2.05, 4.69) is 15.9 Å². The molecule has 0 saturated carbocycles. The van der Waals surface area contributed by atoms with Crippen LogP contribution in [0.2, 0.25) is 5.02 Å². The van der Waals surface area contributed by atoms with E-state index in [-0.39, 0.29) is 33.2 Å². The average Bonchev–Trinajstić information content (AvgIpc) is 2.50. The van der Waals surface area contributed by atoms with Crippen molar-refractivity contribution in [3.05, 3.63) is 51.2 Å². The maximum atomic E-state index is 13.9. The van der Waals surface area contributed by atoms with Crippen molar-refractivity contribution in [2.24, 2.45) is 0 Å². The lowest BCUT2D eigenvalue weighted by Gasteiger charge is -2.14. The SMILES string of the molecule is CCOc1cc(C#N)cc(Br)c1OS(=O)(=O)c1ccc(Cl)cc1F. The van der Waals surface area contributed by atoms with Crippen LogP contribution in [0.3, 0.4) is 0 Å². The van der Waals surface area contributed by atoms with E-state index in [0.29, 0.717) is 0 Å². The van der Waals surface area contributed by atoms with Crippen molar-refractivity contribution in [1.29, 1.82) is 5.26 Å². The molecule has 126 valence electrons. The maximum Gasteiger partial charge on any atom is 0.342 e. The summed E-state index contributed by atoms with van der Waals surface area (Å²) < 4.78 is 49.1. The van der Waals surface area contributed by atoms with Crippen LogP contribution in [0.1, 0.15) is 12.5 Å². The summed E-state index contributed by atoms with van der Waals surface area (Å²) in [5.41, 5.74) is 0.243. The molecule has 0 aliphatic heterocycles. The predicted octanol–water partition coefficient (Wildman–Crippen LogP) is 4.28. The third kappa shape index (κ3) is 3.98. The molecule has 24 heavy (non-hydrogen) atoms. The van der Waals surface area contributed by atoms with Crippen LogP contribution in [0.4, 0.5) is 4.39 Å². The Hall–Kier alpha value is -1.82. The van der Waals surface area contributed by atoms with Gasteiger partial charge in [-0.15, -0.1) is 0 Å². The number of ether oxygens (including phenoxy) is 1. The summed E-state index contributed by atoms with van der Waals surface area (Å²) >= 11 is 8.75. The lowest BCUT2D eigenvalue weighted by atomic mass is 10.2. The Labute approximate surface area is 151 Å². The highest BCUT2D eigenvalue weighted by Gasteiger charge is 2.25. The first-order chi connectivity index (χ1) is 11.3. The molecule has 0 radical (unpaired) electrons. The van der Waals surface area contributed by atoms with Crippen molar-refractivity contribution < 1.29 is 21.7 Å². The van der Waals surface area contributed by atoms with Crippen LogP contribution in [0.25, 0.3) is 0 Å². The van der Waals surface area contributed by atoms with Crippen molar-refractivity contribution in [3.63, 3.8) is 0 Å². The largest absolute Gasteiger partial charge is 0.490 e. The Kier molecular flexibility index (Phi) is 5.70. The minimum absolute atomic E-state index is 0.0429. The first kappa shape index (κ1) is 18.5. The van der Waals surface area contributed by atoms with Crippen LogP contribution in [-0.4, -0.2) is 15.0 Å². The van der Waals surface area contributed by atoms with Gasteiger partial charge < -0.3 is 8.92 Å². The van der Waals surface area contributed by atoms with Gasteiger partial charge in [-0.05, 0) is 47.1 Å². The van der Waals surface area contributed by atoms with Gasteiger partial charge in [0.05, 0.1) is 22.7 Å². The number of halogens is 3. The molecule has 0 spiro atoms. The van der Waals surface area contributed by atoms with Gasteiger partial charge in [-0.3, -0.25) is 0 Å². The Bertz CT molecular complexity index is 928. The highest BCUT2D eigenvalue weighted by atomic mass is 79.9. The summed E-state index contributed by atoms with van der Waals surface area (Å²) in [6, 6.07) is 7.72. The van der Waals surface area contributed by atoms with Gasteiger partial charge in [0, 0.05) is 11.1 Å². The molecule has 2 aromatic rings. The number of rotatable bonds is 5. The van der Waals surface area contributed by atoms with E-state index in [1.807, 2.05) is 6.07 Å². The van der Waals surface area contributed by atoms with Crippen LogP contribution >= 0.6 is 27.5 Å². The fraction of sp³-hybridized carbons (Fsp3) is 0.133. The Balaban J connectivity index is 2.51. The summed E-state index contributed by atoms with van der Waals surface area (Å²) in [6.07, 6.45) is 0. The first-order valence-electron chi connectivity index (χ1n) is 6.54. The van der Waals surface area contributed by atoms with E-state index in [1.165, 1.54) is 18.2 Å². The fourth-order valence-corrected chi connectivity index (χ4v) is 3.61. The fourth-order valence-electron chi connectivity index (χ4n) is 1.81. The lowest BCUT2D eigenvalue weighted by molar-refractivity contribution is 0.326. The van der Waals surface area contributed by atoms with Crippen molar-refractivity contribution in [2.45, 2.75) is 11.8 Å². The van der Waals surface area contributed by atoms with Gasteiger partial charge >= 0.3 is 10.1 Å². The molecule has 0 bridgehead atoms. The normalized spacial score (nSPS) is 11.0. The first-order valence-corrected chi connectivity index (χ1v) is 9.12. The van der Waals surface area contributed by atoms with Crippen LogP contribution < -0.4 is 8.92 Å². The van der Waals surface area contributed by atoms with E-state index in [1.54, 1.807) is 6.92 Å². The molecule has 0 saturated heterocycles. The molecule has 0 aliphatic carbocycles. The van der Waals surface area contributed by atoms with Crippen molar-refractivity contribution >= 4 is 37.6 Å². The van der Waals surface area contributed by atoms with Gasteiger partial charge in [0.15, 0.2) is 11.5 Å². The zero-order chi connectivity index (χ0) is 17.9. The quantitative estimate of drug-likeness (QED) is 0.657. The second-order valence-electron chi connectivity index (χ2n) is 4.44. The molecule has 0 amide bonds. The second kappa shape index (κ2) is 7.38. The molecule has 0 N–H and O–H groups in total. The van der Waals surface area contributed by atoms with Gasteiger partial charge in [-0.2, -0.15) is 13.7 Å². The molecule has 0 atom stereocenters. The monoisotopic (exact) mass is 433 g/mol. The molecule has 2 aromatic carbocycles. The lowest BCUT2D eigenvalue weighted by Crippen LogP contribution is -2.13. The van der Waals surface area contributed by atoms with Gasteiger partial charge in [-0.25, -0.2) is 4.39 Å². The van der Waals surface area contributed by atoms with Crippen molar-refractivity contribution in [1.82, 2.24) is 0 Å². The average molecular weight is 435 g/mol. The molecule has 9 heteroatoms. The summed E-state index contributed by atoms with van der Waals surface area (Å²) in [5, 5.41) is 9.03. The number of hydrogen-bond donors (Lipinski definition) is 0. The maximum absolute atomic E-state index is 13.9. The molecular weight excluding hydrogens is 425 g/mol. The zero-order valence-electron chi connectivity index (χ0n) is 12.2. The highest BCUT2D eigenvalue weighted by Crippen LogP contribution is 2.39. The van der Waals surface area contributed by atoms with Gasteiger partial charge in [-0.1, -0.05) is 11.6 Å². The molecule has 0 heterocycles. The number of nitrogens with zero attached hydrogens (tertiary/aromatic N) is 1. The van der Waals surface area contributed by atoms with E-state index >= 15 is 0 Å². The zero-order valence-corrected chi connectivity index (χ0v) is 15.4. The van der Waals surface area contributed by atoms with Crippen LogP contribution in [-0.2, 0) is 10.1 Å². The molecule has 0 aromatic heterocycles. The number of nitriles is 1. The van der Waals surface area contributed by atoms with E-state index in [4.69, 9.17) is 25.8 Å². The smallest absolute Gasteiger partial charge is 0.342 e. The molecule has 0 unspecified atom stereocenters. The highest BCUT2D eigenvalue weighted by molar-refractivity contribution is 9.10. The van der Waals surface area contributed by atoms with Crippen molar-refractivity contribution in [2.75, 3.05) is 6.61 Å². The number of hydrogen-bond acceptors (Lipinski definition) is 5. The predicted molar refractivity (Wildman–Crippen MR) is 89.2 cm³/mol. The standard InChI is InChI=1S/C15H10BrClFNO4S/c1-2-22-13-6-9(8-19)5-11(16)15(13)23-24(20,21)14-4-3-10(17)7-12(14)18/h3-7H,2H2,1H3. The Morgan fingerprint density at radius 1 is 1.33 bits per heavy atom. The van der Waals surface area contributed by atoms with Crippen LogP contribution in [0.5, 0.6) is 11.5 Å². The Morgan fingerprint density at radius 3 is 2.62 bits per heavy atom. The molecular formula is C15H10BrClFNO4S. The molecule has 0 fully saturated rings. The van der Waals surface area contributed by atoms with Crippen LogP contribution in [0.15, 0.2) is 39.7 Å². The summed E-state index contributed by atoms with van der Waals surface area (Å²) in [6.45, 7) is 1.90. The van der Waals surface area contributed by atoms with E-state index in [9.17, 15) is 12.8 Å². The van der Waals surface area contributed by atoms with Crippen molar-refractivity contribution in [3.8, 4) is 17.6 Å². The molecule has 5 nitrogen and oxygen atoms in total. The molecule has 0 aliphatic rings. The number of benzene rings is 2. The minimum Gasteiger partial charge on any atom is -0.490 e. The third-order valence-corrected chi connectivity index (χ3v) is 4.87. The third-order valence-electron chi connectivity index (χ3n) is 2.79. The second-order valence-corrected chi connectivity index (χ2v) is 7.25. The summed E-state index contributed by atoms with van der Waals surface area (Å²) in [5.74, 6) is -1.17. The minimum atomic E-state index is -4.47. The van der Waals surface area contributed by atoms with Gasteiger partial charge in [0.25, 0.3) is 0 Å². The van der Waals surface area contributed by atoms with E-state index in [0.717, 1.165) is 12.1 Å². The van der Waals surface area contributed by atoms with E-state index < -0.39 is 20.8 Å². The summed E-state index contributed by atoms with van der Waals surface area (Å²) in [7, 11) is -4.47. The van der Waals surface area contributed by atoms with Gasteiger partial charge in [0.1, 0.15) is 10.7 Å². The molecule has 2 rings (SSSR count). The topological polar surface area (TPSA) is 76.4 Å².